The van der Waals surface area contributed by atoms with Crippen molar-refractivity contribution in [2.45, 2.75) is 45.6 Å². The van der Waals surface area contributed by atoms with E-state index in [-0.39, 0.29) is 10.9 Å². The molecule has 1 aromatic heterocycles. The van der Waals surface area contributed by atoms with E-state index in [1.807, 2.05) is 24.3 Å². The molecule has 1 N–H and O–H groups in total. The number of piperidine rings is 1. The van der Waals surface area contributed by atoms with Crippen molar-refractivity contribution in [2.75, 3.05) is 24.6 Å². The molecular formula is C25H28F2N2O2. The molecule has 4 rings (SSSR count). The number of unbranched alkanes of at least 4 members (excludes halogenated alkanes) is 1. The lowest BCUT2D eigenvalue weighted by Crippen LogP contribution is -2.37. The number of fused-ring (bicyclic) bond motifs is 1. The van der Waals surface area contributed by atoms with E-state index in [9.17, 15) is 13.6 Å². The summed E-state index contributed by atoms with van der Waals surface area (Å²) in [5.74, 6) is -1.56. The van der Waals surface area contributed by atoms with E-state index in [4.69, 9.17) is 4.74 Å². The summed E-state index contributed by atoms with van der Waals surface area (Å²) in [6.07, 6.45) is 4.63. The van der Waals surface area contributed by atoms with Gasteiger partial charge in [0.2, 0.25) is 0 Å². The van der Waals surface area contributed by atoms with Crippen molar-refractivity contribution < 1.29 is 13.5 Å². The van der Waals surface area contributed by atoms with Gasteiger partial charge in [0.15, 0.2) is 5.43 Å². The molecule has 0 aliphatic carbocycles. The standard InChI is InChI=1S/C25H28F2N2O2/c1-3-4-13-31-20-9-11-29(12-10-20)19-7-5-17(6-8-19)24-16(2)25(30)23-21(27)14-18(26)15-22(23)28-24/h5-8,14-15,20H,3-4,9-13H2,1-2H3,(H,28,30). The number of ether oxygens (including phenoxy) is 1. The van der Waals surface area contributed by atoms with E-state index in [2.05, 4.69) is 16.8 Å². The Morgan fingerprint density at radius 2 is 1.84 bits per heavy atom. The number of aromatic nitrogens is 1. The molecule has 1 aliphatic rings. The molecule has 4 nitrogen and oxygen atoms in total. The summed E-state index contributed by atoms with van der Waals surface area (Å²) in [6, 6.07) is 9.84. The van der Waals surface area contributed by atoms with Gasteiger partial charge in [-0.05, 0) is 49.9 Å². The fraction of sp³-hybridized carbons (Fsp3) is 0.400. The van der Waals surface area contributed by atoms with Crippen molar-refractivity contribution >= 4 is 16.6 Å². The lowest BCUT2D eigenvalue weighted by molar-refractivity contribution is 0.0354. The van der Waals surface area contributed by atoms with Crippen LogP contribution in [0.3, 0.4) is 0 Å². The third-order valence-corrected chi connectivity index (χ3v) is 6.07. The Hall–Kier alpha value is -2.73. The summed E-state index contributed by atoms with van der Waals surface area (Å²) < 4.78 is 33.7. The van der Waals surface area contributed by atoms with Gasteiger partial charge in [-0.2, -0.15) is 0 Å². The van der Waals surface area contributed by atoms with E-state index < -0.39 is 17.1 Å². The zero-order valence-electron chi connectivity index (χ0n) is 18.0. The maximum Gasteiger partial charge on any atom is 0.195 e. The lowest BCUT2D eigenvalue weighted by atomic mass is 10.0. The van der Waals surface area contributed by atoms with Crippen molar-refractivity contribution in [3.63, 3.8) is 0 Å². The Morgan fingerprint density at radius 3 is 2.52 bits per heavy atom. The number of nitrogens with one attached hydrogen (secondary N) is 1. The third kappa shape index (κ3) is 4.49. The minimum atomic E-state index is -0.844. The predicted octanol–water partition coefficient (Wildman–Crippen LogP) is 5.57. The quantitative estimate of drug-likeness (QED) is 0.525. The van der Waals surface area contributed by atoms with E-state index in [0.29, 0.717) is 17.4 Å². The molecule has 31 heavy (non-hydrogen) atoms. The summed E-state index contributed by atoms with van der Waals surface area (Å²) in [4.78, 5) is 18.1. The van der Waals surface area contributed by atoms with Crippen LogP contribution in [-0.4, -0.2) is 30.8 Å². The van der Waals surface area contributed by atoms with E-state index in [1.165, 1.54) is 0 Å². The number of halogens is 2. The molecule has 0 bridgehead atoms. The number of hydrogen-bond donors (Lipinski definition) is 1. The van der Waals surface area contributed by atoms with Crippen LogP contribution in [0.2, 0.25) is 0 Å². The van der Waals surface area contributed by atoms with Crippen LogP contribution in [0, 0.1) is 18.6 Å². The van der Waals surface area contributed by atoms with Gasteiger partial charge in [0, 0.05) is 37.0 Å². The molecule has 1 aliphatic heterocycles. The SMILES string of the molecule is CCCCOC1CCN(c2ccc(-c3[nH]c4cc(F)cc(F)c4c(=O)c3C)cc2)CC1. The van der Waals surface area contributed by atoms with Crippen molar-refractivity contribution in [1.29, 1.82) is 0 Å². The van der Waals surface area contributed by atoms with Gasteiger partial charge in [0.1, 0.15) is 11.6 Å². The fourth-order valence-corrected chi connectivity index (χ4v) is 4.24. The Kier molecular flexibility index (Phi) is 6.37. The third-order valence-electron chi connectivity index (χ3n) is 6.07. The van der Waals surface area contributed by atoms with Crippen LogP contribution < -0.4 is 10.3 Å². The monoisotopic (exact) mass is 426 g/mol. The molecule has 0 saturated carbocycles. The van der Waals surface area contributed by atoms with Gasteiger partial charge in [0.05, 0.1) is 22.7 Å². The number of hydrogen-bond acceptors (Lipinski definition) is 3. The van der Waals surface area contributed by atoms with Crippen molar-refractivity contribution in [3.05, 3.63) is 63.8 Å². The smallest absolute Gasteiger partial charge is 0.195 e. The Labute approximate surface area is 180 Å². The largest absolute Gasteiger partial charge is 0.378 e. The maximum atomic E-state index is 14.1. The van der Waals surface area contributed by atoms with Gasteiger partial charge in [0.25, 0.3) is 0 Å². The van der Waals surface area contributed by atoms with Crippen molar-refractivity contribution in [3.8, 4) is 11.3 Å². The van der Waals surface area contributed by atoms with Crippen LogP contribution in [0.1, 0.15) is 38.2 Å². The molecule has 164 valence electrons. The first-order valence-corrected chi connectivity index (χ1v) is 11.0. The minimum absolute atomic E-state index is 0.108. The highest BCUT2D eigenvalue weighted by molar-refractivity contribution is 5.84. The molecule has 0 atom stereocenters. The summed E-state index contributed by atoms with van der Waals surface area (Å²) in [7, 11) is 0. The molecule has 2 heterocycles. The average molecular weight is 427 g/mol. The molecule has 0 spiro atoms. The van der Waals surface area contributed by atoms with Gasteiger partial charge in [-0.15, -0.1) is 0 Å². The highest BCUT2D eigenvalue weighted by atomic mass is 19.1. The lowest BCUT2D eigenvalue weighted by Gasteiger charge is -2.33. The number of nitrogens with zero attached hydrogens (tertiary/aromatic N) is 1. The Bertz CT molecular complexity index is 1120. The van der Waals surface area contributed by atoms with Crippen molar-refractivity contribution in [1.82, 2.24) is 4.98 Å². The molecule has 0 unspecified atom stereocenters. The molecule has 0 amide bonds. The Balaban J connectivity index is 1.53. The van der Waals surface area contributed by atoms with Crippen LogP contribution in [0.4, 0.5) is 14.5 Å². The number of anilines is 1. The van der Waals surface area contributed by atoms with Gasteiger partial charge >= 0.3 is 0 Å². The molecule has 6 heteroatoms. The van der Waals surface area contributed by atoms with Crippen LogP contribution in [0.5, 0.6) is 0 Å². The molecule has 3 aromatic rings. The first kappa shape index (κ1) is 21.5. The summed E-state index contributed by atoms with van der Waals surface area (Å²) in [5.41, 5.74) is 2.66. The van der Waals surface area contributed by atoms with Gasteiger partial charge in [-0.25, -0.2) is 8.78 Å². The van der Waals surface area contributed by atoms with Crippen LogP contribution in [0.15, 0.2) is 41.2 Å². The zero-order valence-corrected chi connectivity index (χ0v) is 18.0. The van der Waals surface area contributed by atoms with Gasteiger partial charge in [-0.3, -0.25) is 4.79 Å². The van der Waals surface area contributed by atoms with Gasteiger partial charge < -0.3 is 14.6 Å². The number of aromatic amines is 1. The van der Waals surface area contributed by atoms with E-state index >= 15 is 0 Å². The summed E-state index contributed by atoms with van der Waals surface area (Å²) >= 11 is 0. The second kappa shape index (κ2) is 9.18. The first-order valence-electron chi connectivity index (χ1n) is 11.0. The minimum Gasteiger partial charge on any atom is -0.378 e. The second-order valence-electron chi connectivity index (χ2n) is 8.22. The average Bonchev–Trinajstić information content (AvgIpc) is 2.76. The number of pyridine rings is 1. The summed E-state index contributed by atoms with van der Waals surface area (Å²) in [5, 5.41) is -0.108. The first-order chi connectivity index (χ1) is 15.0. The number of benzene rings is 2. The van der Waals surface area contributed by atoms with E-state index in [1.54, 1.807) is 6.92 Å². The van der Waals surface area contributed by atoms with Crippen LogP contribution in [-0.2, 0) is 4.74 Å². The number of rotatable bonds is 6. The summed E-state index contributed by atoms with van der Waals surface area (Å²) in [6.45, 7) is 6.56. The highest BCUT2D eigenvalue weighted by Crippen LogP contribution is 2.28. The predicted molar refractivity (Wildman–Crippen MR) is 121 cm³/mol. The molecule has 2 aromatic carbocycles. The highest BCUT2D eigenvalue weighted by Gasteiger charge is 2.20. The molecule has 0 radical (unpaired) electrons. The molecule has 1 saturated heterocycles. The van der Waals surface area contributed by atoms with Crippen molar-refractivity contribution in [2.24, 2.45) is 0 Å². The molecular weight excluding hydrogens is 398 g/mol. The normalized spacial score (nSPS) is 15.0. The Morgan fingerprint density at radius 1 is 1.13 bits per heavy atom. The topological polar surface area (TPSA) is 45.3 Å². The van der Waals surface area contributed by atoms with Gasteiger partial charge in [-0.1, -0.05) is 25.5 Å². The second-order valence-corrected chi connectivity index (χ2v) is 8.22. The molecule has 1 fully saturated rings. The zero-order chi connectivity index (χ0) is 22.0. The fourth-order valence-electron chi connectivity index (χ4n) is 4.24. The number of H-pyrrole nitrogens is 1. The van der Waals surface area contributed by atoms with Crippen LogP contribution >= 0.6 is 0 Å². The maximum absolute atomic E-state index is 14.1. The van der Waals surface area contributed by atoms with E-state index in [0.717, 1.165) is 68.8 Å². The van der Waals surface area contributed by atoms with Crippen LogP contribution in [0.25, 0.3) is 22.2 Å².